The van der Waals surface area contributed by atoms with Gasteiger partial charge in [-0.1, -0.05) is 6.92 Å². The van der Waals surface area contributed by atoms with Gasteiger partial charge in [-0.05, 0) is 31.9 Å². The summed E-state index contributed by atoms with van der Waals surface area (Å²) in [4.78, 5) is 14.1. The monoisotopic (exact) mass is 228 g/mol. The van der Waals surface area contributed by atoms with Crippen LogP contribution in [0.15, 0.2) is 0 Å². The highest BCUT2D eigenvalue weighted by Gasteiger charge is 2.39. The zero-order valence-electron chi connectivity index (χ0n) is 9.53. The molecule has 3 unspecified atom stereocenters. The van der Waals surface area contributed by atoms with E-state index in [1.165, 1.54) is 18.6 Å². The summed E-state index contributed by atoms with van der Waals surface area (Å²) in [6.07, 6.45) is 3.72. The van der Waals surface area contributed by atoms with Gasteiger partial charge in [0.1, 0.15) is 0 Å². The second-order valence-corrected chi connectivity index (χ2v) is 5.58. The molecule has 0 spiro atoms. The van der Waals surface area contributed by atoms with E-state index in [0.717, 1.165) is 12.2 Å². The molecule has 0 radical (unpaired) electrons. The molecule has 2 rings (SSSR count). The van der Waals surface area contributed by atoms with E-state index in [4.69, 9.17) is 0 Å². The van der Waals surface area contributed by atoms with Crippen LogP contribution >= 0.6 is 11.8 Å². The summed E-state index contributed by atoms with van der Waals surface area (Å²) < 4.78 is 0. The predicted molar refractivity (Wildman–Crippen MR) is 63.9 cm³/mol. The van der Waals surface area contributed by atoms with Crippen molar-refractivity contribution in [2.45, 2.75) is 51.4 Å². The lowest BCUT2D eigenvalue weighted by atomic mass is 10.1. The molecule has 0 bridgehead atoms. The average Bonchev–Trinajstić information content (AvgIpc) is 2.56. The quantitative estimate of drug-likeness (QED) is 0.776. The molecule has 0 aromatic rings. The van der Waals surface area contributed by atoms with Crippen LogP contribution in [0.25, 0.3) is 0 Å². The van der Waals surface area contributed by atoms with Crippen molar-refractivity contribution in [2.24, 2.45) is 0 Å². The maximum Gasteiger partial charge on any atom is 0.241 e. The number of hydrogen-bond acceptors (Lipinski definition) is 3. The number of rotatable bonds is 2. The van der Waals surface area contributed by atoms with E-state index in [2.05, 4.69) is 17.1 Å². The first kappa shape index (κ1) is 11.3. The number of nitrogens with one attached hydrogen (secondary N) is 1. The summed E-state index contributed by atoms with van der Waals surface area (Å²) in [5.74, 6) is 2.68. The van der Waals surface area contributed by atoms with E-state index in [1.807, 2.05) is 18.7 Å². The van der Waals surface area contributed by atoms with Gasteiger partial charge in [-0.2, -0.15) is 11.8 Å². The van der Waals surface area contributed by atoms with Gasteiger partial charge >= 0.3 is 0 Å². The third-order valence-electron chi connectivity index (χ3n) is 3.32. The molecule has 2 aliphatic heterocycles. The smallest absolute Gasteiger partial charge is 0.241 e. The van der Waals surface area contributed by atoms with Crippen LogP contribution in [0, 0.1) is 0 Å². The molecule has 3 nitrogen and oxygen atoms in total. The second kappa shape index (κ2) is 4.74. The summed E-state index contributed by atoms with van der Waals surface area (Å²) in [6.45, 7) is 4.12. The Morgan fingerprint density at radius 2 is 2.40 bits per heavy atom. The molecule has 0 aromatic heterocycles. The Labute approximate surface area is 96.0 Å². The average molecular weight is 228 g/mol. The number of thioether (sulfide) groups is 1. The first-order valence-electron chi connectivity index (χ1n) is 5.90. The van der Waals surface area contributed by atoms with Crippen LogP contribution in [0.3, 0.4) is 0 Å². The Bertz CT molecular complexity index is 241. The first-order valence-corrected chi connectivity index (χ1v) is 7.05. The van der Waals surface area contributed by atoms with Gasteiger partial charge in [-0.3, -0.25) is 10.1 Å². The van der Waals surface area contributed by atoms with Crippen LogP contribution in [0.2, 0.25) is 0 Å². The summed E-state index contributed by atoms with van der Waals surface area (Å²) in [6, 6.07) is 0.487. The molecule has 2 fully saturated rings. The lowest BCUT2D eigenvalue weighted by Crippen LogP contribution is -2.46. The molecule has 15 heavy (non-hydrogen) atoms. The SMILES string of the molecule is CCC1NC(C)C(=O)N1C1CCCSC1. The van der Waals surface area contributed by atoms with Crippen molar-refractivity contribution in [2.75, 3.05) is 11.5 Å². The molecule has 1 N–H and O–H groups in total. The minimum Gasteiger partial charge on any atom is -0.322 e. The van der Waals surface area contributed by atoms with Gasteiger partial charge in [0.15, 0.2) is 0 Å². The third-order valence-corrected chi connectivity index (χ3v) is 4.52. The zero-order chi connectivity index (χ0) is 10.8. The minimum atomic E-state index is 0.0156. The fourth-order valence-electron chi connectivity index (χ4n) is 2.51. The third kappa shape index (κ3) is 2.16. The molecule has 2 heterocycles. The highest BCUT2D eigenvalue weighted by Crippen LogP contribution is 2.26. The minimum absolute atomic E-state index is 0.0156. The highest BCUT2D eigenvalue weighted by atomic mass is 32.2. The molecule has 86 valence electrons. The second-order valence-electron chi connectivity index (χ2n) is 4.43. The Balaban J connectivity index is 2.07. The lowest BCUT2D eigenvalue weighted by molar-refractivity contribution is -0.131. The van der Waals surface area contributed by atoms with Crippen molar-refractivity contribution in [3.05, 3.63) is 0 Å². The summed E-state index contributed by atoms with van der Waals surface area (Å²) in [5.41, 5.74) is 0. The number of carbonyl (C=O) groups excluding carboxylic acids is 1. The van der Waals surface area contributed by atoms with Gasteiger partial charge in [-0.25, -0.2) is 0 Å². The zero-order valence-corrected chi connectivity index (χ0v) is 10.3. The van der Waals surface area contributed by atoms with Crippen molar-refractivity contribution >= 4 is 17.7 Å². The van der Waals surface area contributed by atoms with E-state index in [1.54, 1.807) is 0 Å². The first-order chi connectivity index (χ1) is 7.24. The van der Waals surface area contributed by atoms with Crippen LogP contribution in [-0.2, 0) is 4.79 Å². The number of carbonyl (C=O) groups is 1. The fourth-order valence-corrected chi connectivity index (χ4v) is 3.65. The topological polar surface area (TPSA) is 32.3 Å². The van der Waals surface area contributed by atoms with E-state index in [9.17, 15) is 4.79 Å². The Morgan fingerprint density at radius 3 is 3.00 bits per heavy atom. The predicted octanol–water partition coefficient (Wildman–Crippen LogP) is 1.44. The van der Waals surface area contributed by atoms with Gasteiger partial charge in [-0.15, -0.1) is 0 Å². The number of nitrogens with zero attached hydrogens (tertiary/aromatic N) is 1. The van der Waals surface area contributed by atoms with Crippen molar-refractivity contribution in [3.8, 4) is 0 Å². The molecule has 0 aliphatic carbocycles. The summed E-state index contributed by atoms with van der Waals surface area (Å²) in [5, 5.41) is 3.37. The normalized spacial score (nSPS) is 37.3. The van der Waals surface area contributed by atoms with E-state index in [-0.39, 0.29) is 12.2 Å². The Hall–Kier alpha value is -0.220. The fraction of sp³-hybridized carbons (Fsp3) is 0.909. The van der Waals surface area contributed by atoms with Crippen molar-refractivity contribution in [3.63, 3.8) is 0 Å². The van der Waals surface area contributed by atoms with Gasteiger partial charge in [0.05, 0.1) is 12.2 Å². The Morgan fingerprint density at radius 1 is 1.60 bits per heavy atom. The van der Waals surface area contributed by atoms with Crippen molar-refractivity contribution in [1.82, 2.24) is 10.2 Å². The van der Waals surface area contributed by atoms with E-state index in [0.29, 0.717) is 11.9 Å². The van der Waals surface area contributed by atoms with E-state index < -0.39 is 0 Å². The molecule has 3 atom stereocenters. The van der Waals surface area contributed by atoms with Crippen LogP contribution in [0.5, 0.6) is 0 Å². The maximum absolute atomic E-state index is 12.0. The Kier molecular flexibility index (Phi) is 3.57. The van der Waals surface area contributed by atoms with Crippen LogP contribution in [-0.4, -0.2) is 40.6 Å². The summed E-state index contributed by atoms with van der Waals surface area (Å²) in [7, 11) is 0. The largest absolute Gasteiger partial charge is 0.322 e. The molecule has 1 amide bonds. The summed E-state index contributed by atoms with van der Waals surface area (Å²) >= 11 is 1.98. The van der Waals surface area contributed by atoms with Gasteiger partial charge in [0.25, 0.3) is 0 Å². The molecule has 0 saturated carbocycles. The highest BCUT2D eigenvalue weighted by molar-refractivity contribution is 7.99. The number of amides is 1. The standard InChI is InChI=1S/C11H20N2OS/c1-3-10-12-8(2)11(14)13(10)9-5-4-6-15-7-9/h8-10,12H,3-7H2,1-2H3. The maximum atomic E-state index is 12.0. The number of hydrogen-bond donors (Lipinski definition) is 1. The van der Waals surface area contributed by atoms with Gasteiger partial charge in [0, 0.05) is 11.8 Å². The molecule has 4 heteroatoms. The molecule has 0 aromatic carbocycles. The van der Waals surface area contributed by atoms with Crippen LogP contribution in [0.1, 0.15) is 33.1 Å². The molecular weight excluding hydrogens is 208 g/mol. The van der Waals surface area contributed by atoms with Crippen LogP contribution in [0.4, 0.5) is 0 Å². The molecule has 2 saturated heterocycles. The van der Waals surface area contributed by atoms with Crippen molar-refractivity contribution in [1.29, 1.82) is 0 Å². The molecule has 2 aliphatic rings. The van der Waals surface area contributed by atoms with Crippen LogP contribution < -0.4 is 5.32 Å². The van der Waals surface area contributed by atoms with Crippen molar-refractivity contribution < 1.29 is 4.79 Å². The lowest BCUT2D eigenvalue weighted by Gasteiger charge is -2.34. The van der Waals surface area contributed by atoms with E-state index >= 15 is 0 Å². The van der Waals surface area contributed by atoms with Gasteiger partial charge in [0.2, 0.25) is 5.91 Å². The molecular formula is C11H20N2OS. The van der Waals surface area contributed by atoms with Gasteiger partial charge < -0.3 is 4.90 Å².